The summed E-state index contributed by atoms with van der Waals surface area (Å²) in [4.78, 5) is 28.7. The number of amides is 1. The Morgan fingerprint density at radius 3 is 3.35 bits per heavy atom. The van der Waals surface area contributed by atoms with E-state index >= 15 is 0 Å². The standard InChI is InChI=1S/C16H20N6O/c1-11-5-7-22(14(23)8-17-2)9-13(11)21(3)16-12-4-6-18-15(12)19-10-20-16/h4,6,10-11,13H,5,7-9H2,1,3H3,(H,18,19,20)/t11-,13+/m1/s1/i3D3,4D,10D. The van der Waals surface area contributed by atoms with Crippen LogP contribution in [0, 0.1) is 12.5 Å². The van der Waals surface area contributed by atoms with Crippen molar-refractivity contribution in [3.05, 3.63) is 30.0 Å². The summed E-state index contributed by atoms with van der Waals surface area (Å²) in [5.74, 6) is -0.434. The van der Waals surface area contributed by atoms with Crippen LogP contribution in [0.15, 0.2) is 18.5 Å². The van der Waals surface area contributed by atoms with Crippen LogP contribution in [-0.2, 0) is 4.79 Å². The average molecular weight is 317 g/mol. The van der Waals surface area contributed by atoms with E-state index in [9.17, 15) is 4.79 Å². The van der Waals surface area contributed by atoms with Gasteiger partial charge in [0.05, 0.1) is 12.8 Å². The molecule has 0 spiro atoms. The fourth-order valence-electron chi connectivity index (χ4n) is 2.86. The highest BCUT2D eigenvalue weighted by Crippen LogP contribution is 2.28. The van der Waals surface area contributed by atoms with Gasteiger partial charge in [-0.25, -0.2) is 16.5 Å². The molecule has 3 rings (SSSR count). The van der Waals surface area contributed by atoms with Crippen molar-refractivity contribution in [2.45, 2.75) is 19.4 Å². The zero-order chi connectivity index (χ0) is 20.6. The van der Waals surface area contributed by atoms with Crippen LogP contribution in [0.3, 0.4) is 0 Å². The molecule has 0 aromatic carbocycles. The highest BCUT2D eigenvalue weighted by Gasteiger charge is 2.33. The number of nitrogens with one attached hydrogen (secondary N) is 1. The second-order valence-corrected chi connectivity index (χ2v) is 5.66. The molecule has 1 amide bonds. The van der Waals surface area contributed by atoms with E-state index in [-0.39, 0.29) is 54.1 Å². The lowest BCUT2D eigenvalue weighted by atomic mass is 9.92. The van der Waals surface area contributed by atoms with Gasteiger partial charge in [-0.2, -0.15) is 0 Å². The van der Waals surface area contributed by atoms with E-state index in [1.54, 1.807) is 0 Å². The molecular weight excluding hydrogens is 292 g/mol. The number of hydrogen-bond acceptors (Lipinski definition) is 4. The molecule has 2 aromatic heterocycles. The third-order valence-corrected chi connectivity index (χ3v) is 4.25. The van der Waals surface area contributed by atoms with Crippen LogP contribution in [0.25, 0.3) is 15.9 Å². The minimum Gasteiger partial charge on any atom is -0.354 e. The number of likely N-dealkylation sites (tertiary alicyclic amines) is 1. The van der Waals surface area contributed by atoms with Crippen LogP contribution < -0.4 is 4.90 Å². The largest absolute Gasteiger partial charge is 0.354 e. The molecule has 0 radical (unpaired) electrons. The number of likely N-dealkylation sites (N-methyl/N-ethyl adjacent to an activating group) is 1. The molecule has 1 aliphatic heterocycles. The summed E-state index contributed by atoms with van der Waals surface area (Å²) in [5, 5.41) is 0.226. The highest BCUT2D eigenvalue weighted by atomic mass is 16.2. The molecule has 0 unspecified atom stereocenters. The Hall–Kier alpha value is -2.62. The van der Waals surface area contributed by atoms with E-state index in [0.717, 1.165) is 4.90 Å². The molecule has 0 aliphatic carbocycles. The molecule has 3 heterocycles. The SMILES string of the molecule is [2H]c1nc(N([C@H]2CN(C(=O)C[N+]#[C-])CC[C@H]2C)C([2H])([2H])[2H])c2c([2H])c[nH]c2n1. The average Bonchev–Trinajstić information content (AvgIpc) is 2.96. The number of piperidine rings is 1. The summed E-state index contributed by atoms with van der Waals surface area (Å²) in [7, 11) is 0. The van der Waals surface area contributed by atoms with Gasteiger partial charge in [0.25, 0.3) is 6.54 Å². The van der Waals surface area contributed by atoms with E-state index in [1.165, 1.54) is 11.1 Å². The number of anilines is 1. The Morgan fingerprint density at radius 2 is 2.57 bits per heavy atom. The number of carbonyl (C=O) groups is 1. The summed E-state index contributed by atoms with van der Waals surface area (Å²) in [6.07, 6.45) is 1.59. The van der Waals surface area contributed by atoms with Gasteiger partial charge in [0, 0.05) is 30.4 Å². The second-order valence-electron chi connectivity index (χ2n) is 5.66. The van der Waals surface area contributed by atoms with Gasteiger partial charge in [-0.05, 0) is 18.4 Å². The molecule has 2 aromatic rings. The lowest BCUT2D eigenvalue weighted by molar-refractivity contribution is -0.130. The van der Waals surface area contributed by atoms with E-state index in [2.05, 4.69) is 19.8 Å². The number of H-pyrrole nitrogens is 1. The van der Waals surface area contributed by atoms with Crippen LogP contribution >= 0.6 is 0 Å². The molecule has 7 heteroatoms. The summed E-state index contributed by atoms with van der Waals surface area (Å²) < 4.78 is 40.2. The van der Waals surface area contributed by atoms with Crippen molar-refractivity contribution in [3.63, 3.8) is 0 Å². The molecule has 1 fully saturated rings. The first-order valence-corrected chi connectivity index (χ1v) is 7.36. The molecule has 0 bridgehead atoms. The number of aromatic amines is 1. The van der Waals surface area contributed by atoms with Crippen LogP contribution in [0.2, 0.25) is 0 Å². The quantitative estimate of drug-likeness (QED) is 0.872. The Morgan fingerprint density at radius 1 is 1.70 bits per heavy atom. The smallest absolute Gasteiger partial charge is 0.302 e. The van der Waals surface area contributed by atoms with Crippen molar-refractivity contribution in [1.29, 1.82) is 0 Å². The Bertz CT molecular complexity index is 936. The monoisotopic (exact) mass is 317 g/mol. The maximum Gasteiger partial charge on any atom is 0.302 e. The number of nitrogens with zero attached hydrogens (tertiary/aromatic N) is 5. The van der Waals surface area contributed by atoms with Crippen molar-refractivity contribution < 1.29 is 11.6 Å². The van der Waals surface area contributed by atoms with E-state index in [4.69, 9.17) is 13.4 Å². The van der Waals surface area contributed by atoms with E-state index in [1.807, 2.05) is 6.92 Å². The van der Waals surface area contributed by atoms with Crippen molar-refractivity contribution in [1.82, 2.24) is 19.9 Å². The summed E-state index contributed by atoms with van der Waals surface area (Å²) in [6, 6.07) is -0.577. The number of aromatic nitrogens is 3. The minimum absolute atomic E-state index is 0.0161. The molecule has 1 aliphatic rings. The molecule has 120 valence electrons. The maximum absolute atomic E-state index is 12.2. The van der Waals surface area contributed by atoms with E-state index in [0.29, 0.717) is 13.0 Å². The van der Waals surface area contributed by atoms with Crippen molar-refractivity contribution in [3.8, 4) is 0 Å². The van der Waals surface area contributed by atoms with Crippen molar-refractivity contribution >= 4 is 22.8 Å². The lowest BCUT2D eigenvalue weighted by Gasteiger charge is -2.41. The van der Waals surface area contributed by atoms with Crippen LogP contribution in [0.4, 0.5) is 5.82 Å². The minimum atomic E-state index is -2.61. The zero-order valence-corrected chi connectivity index (χ0v) is 12.7. The van der Waals surface area contributed by atoms with Crippen molar-refractivity contribution in [2.24, 2.45) is 5.92 Å². The molecule has 23 heavy (non-hydrogen) atoms. The maximum atomic E-state index is 12.2. The number of hydrogen-bond donors (Lipinski definition) is 1. The predicted molar refractivity (Wildman–Crippen MR) is 87.9 cm³/mol. The first-order chi connectivity index (χ1) is 13.1. The van der Waals surface area contributed by atoms with Gasteiger partial charge < -0.3 is 19.6 Å². The Balaban J connectivity index is 2.10. The summed E-state index contributed by atoms with van der Waals surface area (Å²) >= 11 is 0. The normalized spacial score (nSPS) is 24.9. The Labute approximate surface area is 142 Å². The third kappa shape index (κ3) is 2.84. The fraction of sp³-hybridized carbons (Fsp3) is 0.500. The predicted octanol–water partition coefficient (Wildman–Crippen LogP) is 1.55. The fourth-order valence-corrected chi connectivity index (χ4v) is 2.86. The molecule has 0 saturated carbocycles. The molecular formula is C16H20N6O. The Kier molecular flexibility index (Phi) is 2.77. The lowest BCUT2D eigenvalue weighted by Crippen LogP contribution is -2.53. The van der Waals surface area contributed by atoms with Crippen molar-refractivity contribution in [2.75, 3.05) is 31.5 Å². The third-order valence-electron chi connectivity index (χ3n) is 4.25. The molecule has 1 N–H and O–H groups in total. The van der Waals surface area contributed by atoms with Crippen LogP contribution in [0.1, 0.15) is 20.2 Å². The first-order valence-electron chi connectivity index (χ1n) is 9.86. The van der Waals surface area contributed by atoms with Crippen LogP contribution in [-0.4, -0.2) is 58.4 Å². The van der Waals surface area contributed by atoms with Gasteiger partial charge in [0.2, 0.25) is 0 Å². The van der Waals surface area contributed by atoms with Gasteiger partial charge in [0.1, 0.15) is 19.1 Å². The number of carbonyl (C=O) groups excluding carboxylic acids is 1. The van der Waals surface area contributed by atoms with E-state index < -0.39 is 13.0 Å². The molecule has 1 saturated heterocycles. The topological polar surface area (TPSA) is 69.5 Å². The molecule has 7 nitrogen and oxygen atoms in total. The van der Waals surface area contributed by atoms with Gasteiger partial charge in [-0.15, -0.1) is 0 Å². The zero-order valence-electron chi connectivity index (χ0n) is 17.7. The highest BCUT2D eigenvalue weighted by molar-refractivity contribution is 5.87. The molecule has 2 atom stereocenters. The number of rotatable bonds is 3. The summed E-state index contributed by atoms with van der Waals surface area (Å²) in [6.45, 7) is 6.49. The van der Waals surface area contributed by atoms with Gasteiger partial charge in [-0.3, -0.25) is 4.79 Å². The van der Waals surface area contributed by atoms with Gasteiger partial charge >= 0.3 is 5.91 Å². The number of fused-ring (bicyclic) bond motifs is 1. The first kappa shape index (κ1) is 10.2. The van der Waals surface area contributed by atoms with Gasteiger partial charge in [0.15, 0.2) is 0 Å². The second kappa shape index (κ2) is 6.24. The van der Waals surface area contributed by atoms with Gasteiger partial charge in [-0.1, -0.05) is 6.92 Å². The summed E-state index contributed by atoms with van der Waals surface area (Å²) in [5.41, 5.74) is 0.221. The van der Waals surface area contributed by atoms with Crippen LogP contribution in [0.5, 0.6) is 0 Å².